The number of aromatic nitrogens is 1. The number of nitrogens with zero attached hydrogens (tertiary/aromatic N) is 2. The van der Waals surface area contributed by atoms with Gasteiger partial charge in [0.1, 0.15) is 5.69 Å². The zero-order valence-electron chi connectivity index (χ0n) is 15.5. The molecule has 9 nitrogen and oxygen atoms in total. The van der Waals surface area contributed by atoms with Crippen molar-refractivity contribution in [2.75, 3.05) is 25.2 Å². The summed E-state index contributed by atoms with van der Waals surface area (Å²) in [5.41, 5.74) is 0.741. The number of carboxylic acids is 1. The molecule has 9 heteroatoms. The first-order chi connectivity index (χ1) is 14.0. The van der Waals surface area contributed by atoms with Gasteiger partial charge in [-0.2, -0.15) is 0 Å². The third kappa shape index (κ3) is 3.98. The van der Waals surface area contributed by atoms with Crippen molar-refractivity contribution in [3.8, 4) is 11.5 Å². The maximum Gasteiger partial charge on any atom is 0.354 e. The van der Waals surface area contributed by atoms with Crippen LogP contribution in [0, 0.1) is 5.92 Å². The van der Waals surface area contributed by atoms with Gasteiger partial charge in [0.15, 0.2) is 11.5 Å². The van der Waals surface area contributed by atoms with Gasteiger partial charge in [-0.25, -0.2) is 9.78 Å². The number of hydrogen-bond acceptors (Lipinski definition) is 6. The molecule has 2 amide bonds. The Morgan fingerprint density at radius 2 is 1.83 bits per heavy atom. The minimum atomic E-state index is -1.18. The topological polar surface area (TPSA) is 118 Å². The van der Waals surface area contributed by atoms with E-state index in [1.165, 1.54) is 18.3 Å². The molecule has 0 saturated carbocycles. The Morgan fingerprint density at radius 1 is 1.07 bits per heavy atom. The molecule has 2 aliphatic rings. The molecule has 2 aliphatic heterocycles. The van der Waals surface area contributed by atoms with E-state index in [0.717, 1.165) is 0 Å². The summed E-state index contributed by atoms with van der Waals surface area (Å²) >= 11 is 0. The molecule has 2 aromatic rings. The molecule has 4 rings (SSSR count). The number of piperidine rings is 1. The van der Waals surface area contributed by atoms with E-state index in [1.807, 2.05) is 0 Å². The predicted molar refractivity (Wildman–Crippen MR) is 101 cm³/mol. The standard InChI is InChI=1S/C20H19N3O6/c24-18(22-14-1-2-16-17(10-14)29-11-28-16)12-4-7-23(8-5-12)19(25)13-3-6-21-15(9-13)20(26)27/h1-3,6,9-10,12H,4-5,7-8,11H2,(H,22,24)(H,26,27). The number of aromatic carboxylic acids is 1. The van der Waals surface area contributed by atoms with Crippen molar-refractivity contribution in [3.05, 3.63) is 47.8 Å². The number of nitrogens with one attached hydrogen (secondary N) is 1. The number of carboxylic acid groups (broad SMARTS) is 1. The fraction of sp³-hybridized carbons (Fsp3) is 0.300. The van der Waals surface area contributed by atoms with Gasteiger partial charge in [-0.05, 0) is 37.1 Å². The summed E-state index contributed by atoms with van der Waals surface area (Å²) in [5.74, 6) is -0.508. The molecule has 0 radical (unpaired) electrons. The summed E-state index contributed by atoms with van der Waals surface area (Å²) in [7, 11) is 0. The number of fused-ring (bicyclic) bond motifs is 1. The van der Waals surface area contributed by atoms with Crippen LogP contribution in [0.15, 0.2) is 36.5 Å². The molecule has 1 saturated heterocycles. The van der Waals surface area contributed by atoms with E-state index in [-0.39, 0.29) is 35.8 Å². The Labute approximate surface area is 166 Å². The smallest absolute Gasteiger partial charge is 0.354 e. The zero-order chi connectivity index (χ0) is 20.4. The molecule has 0 atom stereocenters. The molecule has 2 N–H and O–H groups in total. The SMILES string of the molecule is O=C(O)c1cc(C(=O)N2CCC(C(=O)Nc3ccc4c(c3)OCO4)CC2)ccn1. The molecule has 1 aromatic carbocycles. The second-order valence-electron chi connectivity index (χ2n) is 6.86. The van der Waals surface area contributed by atoms with Gasteiger partial charge in [0.25, 0.3) is 5.91 Å². The maximum absolute atomic E-state index is 12.6. The number of hydrogen-bond donors (Lipinski definition) is 2. The molecule has 3 heterocycles. The van der Waals surface area contributed by atoms with E-state index in [9.17, 15) is 14.4 Å². The van der Waals surface area contributed by atoms with Crippen molar-refractivity contribution >= 4 is 23.5 Å². The lowest BCUT2D eigenvalue weighted by atomic mass is 9.95. The number of anilines is 1. The van der Waals surface area contributed by atoms with Gasteiger partial charge in [-0.3, -0.25) is 9.59 Å². The van der Waals surface area contributed by atoms with E-state index < -0.39 is 5.97 Å². The highest BCUT2D eigenvalue weighted by Gasteiger charge is 2.28. The molecule has 29 heavy (non-hydrogen) atoms. The van der Waals surface area contributed by atoms with Gasteiger partial charge in [0.2, 0.25) is 12.7 Å². The van der Waals surface area contributed by atoms with E-state index in [1.54, 1.807) is 23.1 Å². The molecular weight excluding hydrogens is 378 g/mol. The maximum atomic E-state index is 12.6. The van der Waals surface area contributed by atoms with Crippen molar-refractivity contribution in [1.82, 2.24) is 9.88 Å². The lowest BCUT2D eigenvalue weighted by Gasteiger charge is -2.31. The van der Waals surface area contributed by atoms with E-state index in [0.29, 0.717) is 43.1 Å². The molecule has 150 valence electrons. The minimum absolute atomic E-state index is 0.104. The third-order valence-electron chi connectivity index (χ3n) is 5.02. The second kappa shape index (κ2) is 7.78. The van der Waals surface area contributed by atoms with Crippen LogP contribution in [0.4, 0.5) is 5.69 Å². The Bertz CT molecular complexity index is 968. The van der Waals surface area contributed by atoms with Crippen molar-refractivity contribution < 1.29 is 29.0 Å². The highest BCUT2D eigenvalue weighted by molar-refractivity contribution is 5.97. The van der Waals surface area contributed by atoms with Crippen LogP contribution >= 0.6 is 0 Å². The molecule has 0 aliphatic carbocycles. The molecule has 1 aromatic heterocycles. The first kappa shape index (κ1) is 18.7. The van der Waals surface area contributed by atoms with Crippen molar-refractivity contribution in [1.29, 1.82) is 0 Å². The minimum Gasteiger partial charge on any atom is -0.477 e. The van der Waals surface area contributed by atoms with Gasteiger partial charge in [-0.1, -0.05) is 0 Å². The largest absolute Gasteiger partial charge is 0.477 e. The summed E-state index contributed by atoms with van der Waals surface area (Å²) < 4.78 is 10.6. The average Bonchev–Trinajstić information content (AvgIpc) is 3.21. The Kier molecular flexibility index (Phi) is 5.03. The number of rotatable bonds is 4. The number of benzene rings is 1. The normalized spacial score (nSPS) is 15.8. The average molecular weight is 397 g/mol. The second-order valence-corrected chi connectivity index (χ2v) is 6.86. The number of carbonyl (C=O) groups excluding carboxylic acids is 2. The van der Waals surface area contributed by atoms with Crippen LogP contribution in [-0.2, 0) is 4.79 Å². The molecule has 0 spiro atoms. The van der Waals surface area contributed by atoms with Crippen LogP contribution in [-0.4, -0.2) is 52.7 Å². The summed E-state index contributed by atoms with van der Waals surface area (Å²) in [6.45, 7) is 1.01. The molecule has 1 fully saturated rings. The number of ether oxygens (including phenoxy) is 2. The molecule has 0 bridgehead atoms. The predicted octanol–water partition coefficient (Wildman–Crippen LogP) is 2.00. The summed E-state index contributed by atoms with van der Waals surface area (Å²) in [4.78, 5) is 41.6. The monoisotopic (exact) mass is 397 g/mol. The lowest BCUT2D eigenvalue weighted by Crippen LogP contribution is -2.41. The van der Waals surface area contributed by atoms with Crippen LogP contribution in [0.1, 0.15) is 33.7 Å². The molecular formula is C20H19N3O6. The van der Waals surface area contributed by atoms with Gasteiger partial charge >= 0.3 is 5.97 Å². The Morgan fingerprint density at radius 3 is 2.59 bits per heavy atom. The van der Waals surface area contributed by atoms with Crippen molar-refractivity contribution in [3.63, 3.8) is 0 Å². The van der Waals surface area contributed by atoms with Crippen LogP contribution < -0.4 is 14.8 Å². The quantitative estimate of drug-likeness (QED) is 0.810. The fourth-order valence-corrected chi connectivity index (χ4v) is 3.43. The van der Waals surface area contributed by atoms with Gasteiger partial charge in [0, 0.05) is 42.5 Å². The van der Waals surface area contributed by atoms with Crippen LogP contribution in [0.5, 0.6) is 11.5 Å². The highest BCUT2D eigenvalue weighted by atomic mass is 16.7. The van der Waals surface area contributed by atoms with Gasteiger partial charge in [-0.15, -0.1) is 0 Å². The van der Waals surface area contributed by atoms with Crippen LogP contribution in [0.2, 0.25) is 0 Å². The summed E-state index contributed by atoms with van der Waals surface area (Å²) in [6.07, 6.45) is 2.36. The Hall–Kier alpha value is -3.62. The molecule has 0 unspecified atom stereocenters. The lowest BCUT2D eigenvalue weighted by molar-refractivity contribution is -0.121. The zero-order valence-corrected chi connectivity index (χ0v) is 15.5. The van der Waals surface area contributed by atoms with Crippen LogP contribution in [0.25, 0.3) is 0 Å². The first-order valence-electron chi connectivity index (χ1n) is 9.20. The number of amides is 2. The fourth-order valence-electron chi connectivity index (χ4n) is 3.43. The summed E-state index contributed by atoms with van der Waals surface area (Å²) in [6, 6.07) is 7.99. The van der Waals surface area contributed by atoms with Crippen molar-refractivity contribution in [2.24, 2.45) is 5.92 Å². The van der Waals surface area contributed by atoms with Gasteiger partial charge < -0.3 is 24.8 Å². The Balaban J connectivity index is 1.34. The van der Waals surface area contributed by atoms with Gasteiger partial charge in [0.05, 0.1) is 0 Å². The van der Waals surface area contributed by atoms with E-state index in [4.69, 9.17) is 14.6 Å². The summed E-state index contributed by atoms with van der Waals surface area (Å²) in [5, 5.41) is 11.9. The van der Waals surface area contributed by atoms with E-state index in [2.05, 4.69) is 10.3 Å². The third-order valence-corrected chi connectivity index (χ3v) is 5.02. The highest BCUT2D eigenvalue weighted by Crippen LogP contribution is 2.34. The number of pyridine rings is 1. The number of likely N-dealkylation sites (tertiary alicyclic amines) is 1. The van der Waals surface area contributed by atoms with Crippen molar-refractivity contribution in [2.45, 2.75) is 12.8 Å². The first-order valence-corrected chi connectivity index (χ1v) is 9.20. The van der Waals surface area contributed by atoms with Crippen LogP contribution in [0.3, 0.4) is 0 Å². The number of carbonyl (C=O) groups is 3. The van der Waals surface area contributed by atoms with E-state index >= 15 is 0 Å².